The number of benzene rings is 1. The Morgan fingerprint density at radius 3 is 2.52 bits per heavy atom. The summed E-state index contributed by atoms with van der Waals surface area (Å²) < 4.78 is 16.9. The molecule has 1 fully saturated rings. The van der Waals surface area contributed by atoms with Gasteiger partial charge in [-0.05, 0) is 38.3 Å². The third kappa shape index (κ3) is 5.25. The molecule has 1 amide bonds. The normalized spacial score (nSPS) is 20.7. The third-order valence-electron chi connectivity index (χ3n) is 4.12. The van der Waals surface area contributed by atoms with Gasteiger partial charge in [-0.3, -0.25) is 4.79 Å². The number of nitrogens with zero attached hydrogens (tertiary/aromatic N) is 1. The zero-order chi connectivity index (χ0) is 18.6. The van der Waals surface area contributed by atoms with Crippen LogP contribution in [-0.2, 0) is 4.74 Å². The molecule has 0 N–H and O–H groups in total. The van der Waals surface area contributed by atoms with Crippen molar-refractivity contribution in [2.45, 2.75) is 46.3 Å². The van der Waals surface area contributed by atoms with E-state index in [0.717, 1.165) is 6.42 Å². The number of carbonyl (C=O) groups excluding carboxylic acids is 1. The molecule has 140 valence electrons. The van der Waals surface area contributed by atoms with Crippen LogP contribution in [0.4, 0.5) is 0 Å². The molecule has 1 saturated heterocycles. The Balaban J connectivity index is 2.18. The van der Waals surface area contributed by atoms with E-state index in [1.54, 1.807) is 24.1 Å². The molecule has 0 aliphatic carbocycles. The quantitative estimate of drug-likeness (QED) is 0.759. The van der Waals surface area contributed by atoms with E-state index < -0.39 is 0 Å². The highest BCUT2D eigenvalue weighted by Crippen LogP contribution is 2.37. The second-order valence-electron chi connectivity index (χ2n) is 6.99. The SMILES string of the molecule is COc1cc(C(=O)N2C[C@@H](C)O[C@@H](C)C2)cc(Cl)c1OCCC(C)C. The first-order chi connectivity index (χ1) is 11.8. The zero-order valence-corrected chi connectivity index (χ0v) is 16.4. The lowest BCUT2D eigenvalue weighted by Gasteiger charge is -2.35. The average molecular weight is 370 g/mol. The standard InChI is InChI=1S/C19H28ClNO4/c1-12(2)6-7-24-18-16(20)8-15(9-17(18)23-5)19(22)21-10-13(3)25-14(4)11-21/h8-9,12-14H,6-7,10-11H2,1-5H3/t13-,14+. The molecule has 1 aliphatic heterocycles. The van der Waals surface area contributed by atoms with Crippen molar-refractivity contribution in [2.24, 2.45) is 5.92 Å². The van der Waals surface area contributed by atoms with Crippen LogP contribution in [0.3, 0.4) is 0 Å². The Morgan fingerprint density at radius 2 is 1.96 bits per heavy atom. The summed E-state index contributed by atoms with van der Waals surface area (Å²) in [7, 11) is 1.55. The van der Waals surface area contributed by atoms with Crippen LogP contribution in [0.5, 0.6) is 11.5 Å². The van der Waals surface area contributed by atoms with Gasteiger partial charge in [-0.1, -0.05) is 25.4 Å². The molecule has 0 spiro atoms. The molecule has 1 aliphatic rings. The Labute approximate surface area is 155 Å². The topological polar surface area (TPSA) is 48.0 Å². The first-order valence-electron chi connectivity index (χ1n) is 8.76. The molecule has 1 heterocycles. The summed E-state index contributed by atoms with van der Waals surface area (Å²) in [5.74, 6) is 1.44. The Hall–Kier alpha value is -1.46. The van der Waals surface area contributed by atoms with Gasteiger partial charge in [0.25, 0.3) is 5.91 Å². The minimum absolute atomic E-state index is 0.0173. The number of carbonyl (C=O) groups is 1. The largest absolute Gasteiger partial charge is 0.493 e. The van der Waals surface area contributed by atoms with Gasteiger partial charge in [0.2, 0.25) is 0 Å². The van der Waals surface area contributed by atoms with Crippen molar-refractivity contribution in [1.82, 2.24) is 4.90 Å². The molecule has 0 bridgehead atoms. The number of hydrogen-bond acceptors (Lipinski definition) is 4. The van der Waals surface area contributed by atoms with E-state index in [1.165, 1.54) is 0 Å². The van der Waals surface area contributed by atoms with Gasteiger partial charge in [0.1, 0.15) is 0 Å². The first kappa shape index (κ1) is 19.9. The number of methoxy groups -OCH3 is 1. The molecule has 1 aromatic rings. The lowest BCUT2D eigenvalue weighted by molar-refractivity contribution is -0.0586. The Kier molecular flexibility index (Phi) is 6.96. The number of amides is 1. The number of ether oxygens (including phenoxy) is 3. The lowest BCUT2D eigenvalue weighted by atomic mass is 10.1. The maximum absolute atomic E-state index is 12.8. The number of hydrogen-bond donors (Lipinski definition) is 0. The van der Waals surface area contributed by atoms with Gasteiger partial charge in [-0.15, -0.1) is 0 Å². The van der Waals surface area contributed by atoms with Crippen molar-refractivity contribution < 1.29 is 19.0 Å². The minimum atomic E-state index is -0.0732. The molecule has 2 atom stereocenters. The van der Waals surface area contributed by atoms with E-state index in [0.29, 0.717) is 47.7 Å². The predicted molar refractivity (Wildman–Crippen MR) is 98.9 cm³/mol. The fraction of sp³-hybridized carbons (Fsp3) is 0.632. The lowest BCUT2D eigenvalue weighted by Crippen LogP contribution is -2.48. The Bertz CT molecular complexity index is 595. The van der Waals surface area contributed by atoms with Gasteiger partial charge < -0.3 is 19.1 Å². The van der Waals surface area contributed by atoms with Gasteiger partial charge in [0.05, 0.1) is 30.9 Å². The summed E-state index contributed by atoms with van der Waals surface area (Å²) in [6.45, 7) is 9.89. The van der Waals surface area contributed by atoms with E-state index in [-0.39, 0.29) is 18.1 Å². The van der Waals surface area contributed by atoms with Crippen LogP contribution in [0.25, 0.3) is 0 Å². The van der Waals surface area contributed by atoms with Crippen molar-refractivity contribution >= 4 is 17.5 Å². The zero-order valence-electron chi connectivity index (χ0n) is 15.7. The van der Waals surface area contributed by atoms with Gasteiger partial charge in [0.15, 0.2) is 11.5 Å². The molecule has 5 nitrogen and oxygen atoms in total. The maximum Gasteiger partial charge on any atom is 0.254 e. The fourth-order valence-electron chi connectivity index (χ4n) is 2.91. The number of halogens is 1. The molecule has 25 heavy (non-hydrogen) atoms. The highest BCUT2D eigenvalue weighted by atomic mass is 35.5. The van der Waals surface area contributed by atoms with Crippen molar-refractivity contribution in [3.8, 4) is 11.5 Å². The van der Waals surface area contributed by atoms with Gasteiger partial charge in [-0.25, -0.2) is 0 Å². The smallest absolute Gasteiger partial charge is 0.254 e. The van der Waals surface area contributed by atoms with Crippen LogP contribution >= 0.6 is 11.6 Å². The minimum Gasteiger partial charge on any atom is -0.493 e. The van der Waals surface area contributed by atoms with E-state index in [1.807, 2.05) is 13.8 Å². The monoisotopic (exact) mass is 369 g/mol. The van der Waals surface area contributed by atoms with Crippen molar-refractivity contribution in [3.63, 3.8) is 0 Å². The molecular weight excluding hydrogens is 342 g/mol. The van der Waals surface area contributed by atoms with Gasteiger partial charge in [-0.2, -0.15) is 0 Å². The maximum atomic E-state index is 12.8. The van der Waals surface area contributed by atoms with Crippen molar-refractivity contribution in [3.05, 3.63) is 22.7 Å². The summed E-state index contributed by atoms with van der Waals surface area (Å²) in [6, 6.07) is 3.35. The predicted octanol–water partition coefficient (Wildman–Crippen LogP) is 4.02. The summed E-state index contributed by atoms with van der Waals surface area (Å²) in [4.78, 5) is 14.6. The highest BCUT2D eigenvalue weighted by molar-refractivity contribution is 6.32. The average Bonchev–Trinajstić information content (AvgIpc) is 2.54. The van der Waals surface area contributed by atoms with Crippen LogP contribution in [0.2, 0.25) is 5.02 Å². The van der Waals surface area contributed by atoms with E-state index in [4.69, 9.17) is 25.8 Å². The first-order valence-corrected chi connectivity index (χ1v) is 9.14. The summed E-state index contributed by atoms with van der Waals surface area (Å²) >= 11 is 6.37. The van der Waals surface area contributed by atoms with Crippen LogP contribution in [0.15, 0.2) is 12.1 Å². The second-order valence-corrected chi connectivity index (χ2v) is 7.40. The highest BCUT2D eigenvalue weighted by Gasteiger charge is 2.27. The van der Waals surface area contributed by atoms with Crippen LogP contribution in [0.1, 0.15) is 44.5 Å². The third-order valence-corrected chi connectivity index (χ3v) is 4.41. The molecule has 0 radical (unpaired) electrons. The molecule has 1 aromatic carbocycles. The van der Waals surface area contributed by atoms with E-state index in [2.05, 4.69) is 13.8 Å². The number of morpholine rings is 1. The molecule has 0 saturated carbocycles. The molecular formula is C19H28ClNO4. The Morgan fingerprint density at radius 1 is 1.32 bits per heavy atom. The van der Waals surface area contributed by atoms with Crippen molar-refractivity contribution in [2.75, 3.05) is 26.8 Å². The number of rotatable bonds is 6. The summed E-state index contributed by atoms with van der Waals surface area (Å²) in [5.41, 5.74) is 0.499. The van der Waals surface area contributed by atoms with Crippen LogP contribution in [-0.4, -0.2) is 49.8 Å². The fourth-order valence-corrected chi connectivity index (χ4v) is 3.17. The molecule has 6 heteroatoms. The van der Waals surface area contributed by atoms with Crippen LogP contribution in [0, 0.1) is 5.92 Å². The van der Waals surface area contributed by atoms with E-state index >= 15 is 0 Å². The molecule has 0 unspecified atom stereocenters. The summed E-state index contributed by atoms with van der Waals surface area (Å²) in [5, 5.41) is 0.390. The van der Waals surface area contributed by atoms with Crippen molar-refractivity contribution in [1.29, 1.82) is 0 Å². The van der Waals surface area contributed by atoms with Gasteiger partial charge >= 0.3 is 0 Å². The second kappa shape index (κ2) is 8.77. The summed E-state index contributed by atoms with van der Waals surface area (Å²) in [6.07, 6.45) is 0.955. The van der Waals surface area contributed by atoms with Gasteiger partial charge in [0, 0.05) is 18.7 Å². The molecule has 2 rings (SSSR count). The van der Waals surface area contributed by atoms with Crippen LogP contribution < -0.4 is 9.47 Å². The van der Waals surface area contributed by atoms with E-state index in [9.17, 15) is 4.79 Å². The molecule has 0 aromatic heterocycles.